The largest absolute Gasteiger partial charge is 0.493 e. The van der Waals surface area contributed by atoms with Gasteiger partial charge in [0, 0.05) is 26.2 Å². The lowest BCUT2D eigenvalue weighted by atomic mass is 10.0. The molecule has 1 fully saturated rings. The Hall–Kier alpha value is -1.30. The normalized spacial score (nSPS) is 19.6. The molecular formula is C19H29ClN2O3. The van der Waals surface area contributed by atoms with Gasteiger partial charge in [-0.1, -0.05) is 26.0 Å². The molecule has 1 unspecified atom stereocenters. The fraction of sp³-hybridized carbons (Fsp3) is 0.632. The number of hydrogen-bond donors (Lipinski definition) is 1. The molecule has 1 aromatic rings. The number of amides is 1. The monoisotopic (exact) mass is 368 g/mol. The van der Waals surface area contributed by atoms with Crippen LogP contribution in [-0.4, -0.2) is 49.8 Å². The maximum absolute atomic E-state index is 12.9. The molecule has 0 aromatic heterocycles. The molecule has 1 amide bonds. The fourth-order valence-corrected chi connectivity index (χ4v) is 3.30. The van der Waals surface area contributed by atoms with Gasteiger partial charge in [0.1, 0.15) is 11.9 Å². The highest BCUT2D eigenvalue weighted by Crippen LogP contribution is 2.26. The molecule has 1 N–H and O–H groups in total. The van der Waals surface area contributed by atoms with Gasteiger partial charge in [0.15, 0.2) is 0 Å². The van der Waals surface area contributed by atoms with Crippen LogP contribution in [0.15, 0.2) is 18.2 Å². The Bertz CT molecular complexity index is 574. The Balaban J connectivity index is 0.00000225. The van der Waals surface area contributed by atoms with Gasteiger partial charge in [-0.3, -0.25) is 4.79 Å². The van der Waals surface area contributed by atoms with E-state index in [-0.39, 0.29) is 24.4 Å². The third-order valence-corrected chi connectivity index (χ3v) is 4.45. The van der Waals surface area contributed by atoms with Crippen molar-refractivity contribution in [3.05, 3.63) is 29.3 Å². The van der Waals surface area contributed by atoms with Crippen molar-refractivity contribution in [3.63, 3.8) is 0 Å². The minimum absolute atomic E-state index is 0. The Morgan fingerprint density at radius 3 is 2.92 bits per heavy atom. The minimum atomic E-state index is -0.369. The van der Waals surface area contributed by atoms with Crippen LogP contribution in [0.2, 0.25) is 0 Å². The van der Waals surface area contributed by atoms with E-state index in [0.29, 0.717) is 25.6 Å². The number of hydrogen-bond acceptors (Lipinski definition) is 4. The summed E-state index contributed by atoms with van der Waals surface area (Å²) in [6.45, 7) is 8.40. The van der Waals surface area contributed by atoms with Crippen LogP contribution >= 0.6 is 12.4 Å². The van der Waals surface area contributed by atoms with Crippen molar-refractivity contribution in [2.45, 2.75) is 39.3 Å². The van der Waals surface area contributed by atoms with E-state index < -0.39 is 0 Å². The number of carbonyl (C=O) groups is 1. The number of benzene rings is 1. The van der Waals surface area contributed by atoms with Crippen molar-refractivity contribution in [1.29, 1.82) is 0 Å². The second-order valence-corrected chi connectivity index (χ2v) is 7.07. The molecule has 2 aliphatic heterocycles. The number of rotatable bonds is 5. The molecule has 0 bridgehead atoms. The molecule has 1 aromatic carbocycles. The van der Waals surface area contributed by atoms with Gasteiger partial charge < -0.3 is 19.7 Å². The summed E-state index contributed by atoms with van der Waals surface area (Å²) < 4.78 is 11.4. The van der Waals surface area contributed by atoms with Gasteiger partial charge in [-0.2, -0.15) is 0 Å². The zero-order chi connectivity index (χ0) is 16.9. The molecule has 5 nitrogen and oxygen atoms in total. The van der Waals surface area contributed by atoms with Crippen LogP contribution in [0.25, 0.3) is 0 Å². The van der Waals surface area contributed by atoms with E-state index in [0.717, 1.165) is 43.9 Å². The fourth-order valence-electron chi connectivity index (χ4n) is 3.30. The number of halogens is 1. The second-order valence-electron chi connectivity index (χ2n) is 7.07. The first-order chi connectivity index (χ1) is 11.6. The van der Waals surface area contributed by atoms with Crippen molar-refractivity contribution in [2.24, 2.45) is 5.92 Å². The van der Waals surface area contributed by atoms with E-state index >= 15 is 0 Å². The second kappa shape index (κ2) is 9.41. The third-order valence-electron chi connectivity index (χ3n) is 4.45. The van der Waals surface area contributed by atoms with Crippen molar-refractivity contribution < 1.29 is 14.3 Å². The Labute approximate surface area is 156 Å². The highest BCUT2D eigenvalue weighted by molar-refractivity contribution is 5.85. The van der Waals surface area contributed by atoms with Gasteiger partial charge in [-0.25, -0.2) is 0 Å². The van der Waals surface area contributed by atoms with Gasteiger partial charge >= 0.3 is 0 Å². The minimum Gasteiger partial charge on any atom is -0.493 e. The number of morpholine rings is 1. The van der Waals surface area contributed by atoms with Crippen LogP contribution in [0.3, 0.4) is 0 Å². The number of aryl methyl sites for hydroxylation is 1. The van der Waals surface area contributed by atoms with Gasteiger partial charge in [0.2, 0.25) is 0 Å². The summed E-state index contributed by atoms with van der Waals surface area (Å²) in [4.78, 5) is 14.8. The summed E-state index contributed by atoms with van der Waals surface area (Å²) >= 11 is 0. The summed E-state index contributed by atoms with van der Waals surface area (Å²) in [5.74, 6) is 1.47. The maximum Gasteiger partial charge on any atom is 0.253 e. The summed E-state index contributed by atoms with van der Waals surface area (Å²) in [6.07, 6.45) is 1.79. The molecule has 0 radical (unpaired) electrons. The predicted molar refractivity (Wildman–Crippen MR) is 100 cm³/mol. The molecule has 140 valence electrons. The van der Waals surface area contributed by atoms with Crippen LogP contribution in [-0.2, 0) is 22.5 Å². The third kappa shape index (κ3) is 5.33. The molecule has 1 saturated heterocycles. The van der Waals surface area contributed by atoms with Crippen LogP contribution in [0.1, 0.15) is 31.4 Å². The zero-order valence-corrected chi connectivity index (χ0v) is 15.9. The van der Waals surface area contributed by atoms with E-state index in [1.807, 2.05) is 4.90 Å². The van der Waals surface area contributed by atoms with E-state index in [9.17, 15) is 4.79 Å². The van der Waals surface area contributed by atoms with Crippen molar-refractivity contribution in [3.8, 4) is 5.75 Å². The van der Waals surface area contributed by atoms with Crippen LogP contribution in [0.5, 0.6) is 5.75 Å². The molecule has 6 heteroatoms. The lowest BCUT2D eigenvalue weighted by Gasteiger charge is -2.31. The summed E-state index contributed by atoms with van der Waals surface area (Å²) in [5.41, 5.74) is 2.39. The van der Waals surface area contributed by atoms with E-state index in [1.165, 1.54) is 5.56 Å². The molecule has 0 saturated carbocycles. The van der Waals surface area contributed by atoms with E-state index in [2.05, 4.69) is 37.4 Å². The summed E-state index contributed by atoms with van der Waals surface area (Å²) in [6, 6.07) is 6.35. The topological polar surface area (TPSA) is 50.8 Å². The van der Waals surface area contributed by atoms with Crippen molar-refractivity contribution >= 4 is 18.3 Å². The summed E-state index contributed by atoms with van der Waals surface area (Å²) in [5, 5.41) is 3.24. The van der Waals surface area contributed by atoms with Crippen molar-refractivity contribution in [2.75, 3.05) is 32.8 Å². The van der Waals surface area contributed by atoms with E-state index in [4.69, 9.17) is 9.47 Å². The predicted octanol–water partition coefficient (Wildman–Crippen LogP) is 2.41. The average molecular weight is 369 g/mol. The molecule has 2 aliphatic rings. The van der Waals surface area contributed by atoms with E-state index in [1.54, 1.807) is 0 Å². The maximum atomic E-state index is 12.9. The molecule has 1 atom stereocenters. The molecule has 0 aliphatic carbocycles. The standard InChI is InChI=1S/C19H28N2O3.ClH/c1-14(2)12-21(19(22)18-11-20-7-9-24-18)13-15-5-6-16-4-3-8-23-17(16)10-15;/h5-6,10,14,18,20H,3-4,7-9,11-13H2,1-2H3;1H. The SMILES string of the molecule is CC(C)CN(Cc1ccc2c(c1)OCCC2)C(=O)C1CNCCO1.Cl. The highest BCUT2D eigenvalue weighted by atomic mass is 35.5. The average Bonchev–Trinajstić information content (AvgIpc) is 2.61. The number of nitrogens with one attached hydrogen (secondary N) is 1. The molecule has 2 heterocycles. The highest BCUT2D eigenvalue weighted by Gasteiger charge is 2.27. The van der Waals surface area contributed by atoms with Crippen molar-refractivity contribution in [1.82, 2.24) is 10.2 Å². The molecule has 0 spiro atoms. The first-order valence-electron chi connectivity index (χ1n) is 8.99. The first-order valence-corrected chi connectivity index (χ1v) is 8.99. The lowest BCUT2D eigenvalue weighted by molar-refractivity contribution is -0.146. The van der Waals surface area contributed by atoms with Crippen LogP contribution in [0.4, 0.5) is 0 Å². The van der Waals surface area contributed by atoms with Crippen LogP contribution in [0, 0.1) is 5.92 Å². The Morgan fingerprint density at radius 2 is 2.20 bits per heavy atom. The van der Waals surface area contributed by atoms with Gasteiger partial charge in [-0.05, 0) is 36.0 Å². The lowest BCUT2D eigenvalue weighted by Crippen LogP contribution is -2.49. The number of fused-ring (bicyclic) bond motifs is 1. The quantitative estimate of drug-likeness (QED) is 0.867. The van der Waals surface area contributed by atoms with Crippen LogP contribution < -0.4 is 10.1 Å². The van der Waals surface area contributed by atoms with Gasteiger partial charge in [0.05, 0.1) is 13.2 Å². The summed E-state index contributed by atoms with van der Waals surface area (Å²) in [7, 11) is 0. The first kappa shape index (κ1) is 20.0. The molecular weight excluding hydrogens is 340 g/mol. The van der Waals surface area contributed by atoms with Gasteiger partial charge in [-0.15, -0.1) is 12.4 Å². The number of carbonyl (C=O) groups excluding carboxylic acids is 1. The zero-order valence-electron chi connectivity index (χ0n) is 15.1. The smallest absolute Gasteiger partial charge is 0.253 e. The number of ether oxygens (including phenoxy) is 2. The Morgan fingerprint density at radius 1 is 1.36 bits per heavy atom. The van der Waals surface area contributed by atoms with Gasteiger partial charge in [0.25, 0.3) is 5.91 Å². The number of nitrogens with zero attached hydrogens (tertiary/aromatic N) is 1. The Kier molecular flexibility index (Phi) is 7.54. The molecule has 25 heavy (non-hydrogen) atoms. The molecule has 3 rings (SSSR count).